The van der Waals surface area contributed by atoms with Gasteiger partial charge in [-0.15, -0.1) is 13.2 Å². The van der Waals surface area contributed by atoms with Crippen LogP contribution in [0.15, 0.2) is 65.6 Å². The lowest BCUT2D eigenvalue weighted by Gasteiger charge is -2.42. The van der Waals surface area contributed by atoms with E-state index in [9.17, 15) is 31.5 Å². The molecule has 11 nitrogen and oxygen atoms in total. The minimum atomic E-state index is -5.30. The summed E-state index contributed by atoms with van der Waals surface area (Å²) in [5.41, 5.74) is -2.32. The third-order valence-corrected chi connectivity index (χ3v) is 9.91. The maximum atomic E-state index is 15.1. The predicted molar refractivity (Wildman–Crippen MR) is 159 cm³/mol. The predicted octanol–water partition coefficient (Wildman–Crippen LogP) is 3.76. The maximum absolute atomic E-state index is 15.1. The molecule has 1 unspecified atom stereocenters. The molecule has 2 heterocycles. The van der Waals surface area contributed by atoms with E-state index in [1.54, 1.807) is 12.1 Å². The smallest absolute Gasteiger partial charge is 0.497 e. The largest absolute Gasteiger partial charge is 0.573 e. The van der Waals surface area contributed by atoms with E-state index in [1.807, 2.05) is 0 Å². The first kappa shape index (κ1) is 33.3. The van der Waals surface area contributed by atoms with Gasteiger partial charge in [0, 0.05) is 42.9 Å². The molecule has 3 aromatic rings. The maximum Gasteiger partial charge on any atom is 0.573 e. The first-order valence-corrected chi connectivity index (χ1v) is 15.5. The summed E-state index contributed by atoms with van der Waals surface area (Å²) < 4.78 is 84.5. The van der Waals surface area contributed by atoms with Crippen molar-refractivity contribution in [2.75, 3.05) is 39.2 Å². The molecule has 1 saturated heterocycles. The quantitative estimate of drug-likeness (QED) is 0.378. The van der Waals surface area contributed by atoms with Crippen LogP contribution in [0.5, 0.6) is 17.2 Å². The number of hydrogen-bond donors (Lipinski definition) is 1. The van der Waals surface area contributed by atoms with Gasteiger partial charge in [0.15, 0.2) is 11.3 Å². The van der Waals surface area contributed by atoms with E-state index in [0.29, 0.717) is 4.31 Å². The molecule has 0 saturated carbocycles. The lowest BCUT2D eigenvalue weighted by molar-refractivity contribution is -0.275. The number of benzene rings is 3. The minimum Gasteiger partial charge on any atom is -0.497 e. The highest BCUT2D eigenvalue weighted by Gasteiger charge is 2.64. The van der Waals surface area contributed by atoms with Crippen LogP contribution in [-0.2, 0) is 25.2 Å². The zero-order chi connectivity index (χ0) is 33.8. The molecule has 1 N–H and O–H groups in total. The van der Waals surface area contributed by atoms with E-state index in [1.165, 1.54) is 68.4 Å². The molecular formula is C30H29ClF3N3O8S. The van der Waals surface area contributed by atoms with E-state index in [2.05, 4.69) is 4.74 Å². The van der Waals surface area contributed by atoms with Gasteiger partial charge in [-0.2, -0.15) is 0 Å². The number of fused-ring (bicyclic) bond motifs is 1. The van der Waals surface area contributed by atoms with Crippen molar-refractivity contribution in [1.29, 1.82) is 0 Å². The van der Waals surface area contributed by atoms with Crippen molar-refractivity contribution in [3.63, 3.8) is 0 Å². The fourth-order valence-electron chi connectivity index (χ4n) is 6.07. The van der Waals surface area contributed by atoms with Gasteiger partial charge in [0.05, 0.1) is 26.0 Å². The number of para-hydroxylation sites is 1. The zero-order valence-electron chi connectivity index (χ0n) is 24.9. The molecule has 3 atom stereocenters. The molecule has 46 heavy (non-hydrogen) atoms. The number of likely N-dealkylation sites (tertiary alicyclic amines) is 1. The lowest BCUT2D eigenvalue weighted by atomic mass is 9.80. The molecule has 2 amide bonds. The van der Waals surface area contributed by atoms with Gasteiger partial charge >= 0.3 is 6.36 Å². The van der Waals surface area contributed by atoms with E-state index in [4.69, 9.17) is 21.1 Å². The van der Waals surface area contributed by atoms with E-state index in [-0.39, 0.29) is 46.3 Å². The van der Waals surface area contributed by atoms with Crippen LogP contribution in [0.2, 0.25) is 5.02 Å². The molecule has 2 aliphatic rings. The zero-order valence-corrected chi connectivity index (χ0v) is 26.5. The van der Waals surface area contributed by atoms with Crippen molar-refractivity contribution >= 4 is 39.1 Å². The summed E-state index contributed by atoms with van der Waals surface area (Å²) in [6, 6.07) is 11.5. The number of alkyl halides is 3. The van der Waals surface area contributed by atoms with E-state index >= 15 is 4.79 Å². The van der Waals surface area contributed by atoms with Gasteiger partial charge in [0.1, 0.15) is 22.4 Å². The van der Waals surface area contributed by atoms with Crippen LogP contribution in [-0.4, -0.2) is 88.5 Å². The molecule has 5 rings (SSSR count). The van der Waals surface area contributed by atoms with Gasteiger partial charge in [-0.3, -0.25) is 14.5 Å². The summed E-state index contributed by atoms with van der Waals surface area (Å²) in [4.78, 5) is 30.3. The first-order chi connectivity index (χ1) is 21.6. The fraction of sp³-hybridized carbons (Fsp3) is 0.333. The number of ether oxygens (including phenoxy) is 3. The summed E-state index contributed by atoms with van der Waals surface area (Å²) in [6.45, 7) is -0.0694. The second-order valence-corrected chi connectivity index (χ2v) is 12.9. The van der Waals surface area contributed by atoms with Crippen molar-refractivity contribution < 1.29 is 50.5 Å². The molecule has 0 bridgehead atoms. The van der Waals surface area contributed by atoms with Crippen LogP contribution in [0, 0.1) is 0 Å². The van der Waals surface area contributed by atoms with Crippen LogP contribution in [0.25, 0.3) is 0 Å². The summed E-state index contributed by atoms with van der Waals surface area (Å²) in [5.74, 6) is -2.90. The van der Waals surface area contributed by atoms with Crippen molar-refractivity contribution in [1.82, 2.24) is 9.80 Å². The van der Waals surface area contributed by atoms with Crippen molar-refractivity contribution in [2.24, 2.45) is 0 Å². The summed E-state index contributed by atoms with van der Waals surface area (Å²) in [6.07, 6.45) is -6.54. The van der Waals surface area contributed by atoms with Crippen LogP contribution >= 0.6 is 11.6 Å². The molecule has 3 aromatic carbocycles. The Morgan fingerprint density at radius 1 is 1.02 bits per heavy atom. The molecule has 0 radical (unpaired) electrons. The minimum absolute atomic E-state index is 0.00414. The average molecular weight is 684 g/mol. The Kier molecular flexibility index (Phi) is 8.66. The Labute approximate surface area is 267 Å². The van der Waals surface area contributed by atoms with Gasteiger partial charge in [-0.1, -0.05) is 29.8 Å². The molecule has 0 spiro atoms. The van der Waals surface area contributed by atoms with Gasteiger partial charge in [0.25, 0.3) is 15.9 Å². The SMILES string of the molecule is COc1ccc(S(=O)(=O)N2C(=O)C(c3ccccc3OC)(N3CC[C@H](O)[C@H]3C(=O)N(C)C)c3cc(Cl)ccc32)c(OC(F)(F)F)c1. The third kappa shape index (κ3) is 5.30. The van der Waals surface area contributed by atoms with Crippen LogP contribution in [0.3, 0.4) is 0 Å². The van der Waals surface area contributed by atoms with Gasteiger partial charge in [-0.25, -0.2) is 12.7 Å². The number of aliphatic hydroxyl groups excluding tert-OH is 1. The Balaban J connectivity index is 1.85. The standard InChI is InChI=1S/C30H29ClF3N3O8S/c1-35(2)27(39)26-22(38)13-14-36(26)29(19-7-5-6-8-23(19)44-4)20-15-17(31)9-11-21(20)37(28(29)40)46(41,42)25-12-10-18(43-3)16-24(25)45-30(32,33)34/h5-12,15-16,22,26,38H,13-14H2,1-4H3/t22-,26-,29?/m0/s1. The number of carbonyl (C=O) groups is 2. The molecule has 0 aromatic heterocycles. The van der Waals surface area contributed by atoms with Crippen LogP contribution in [0.1, 0.15) is 17.5 Å². The molecule has 246 valence electrons. The summed E-state index contributed by atoms with van der Waals surface area (Å²) in [7, 11) is 0.225. The number of hydrogen-bond acceptors (Lipinski definition) is 9. The molecule has 0 aliphatic carbocycles. The highest BCUT2D eigenvalue weighted by molar-refractivity contribution is 7.93. The number of likely N-dealkylation sites (N-methyl/N-ethyl adjacent to an activating group) is 1. The van der Waals surface area contributed by atoms with Crippen LogP contribution < -0.4 is 18.5 Å². The van der Waals surface area contributed by atoms with E-state index < -0.39 is 56.5 Å². The number of rotatable bonds is 8. The number of sulfonamides is 1. The Bertz CT molecular complexity index is 1810. The normalized spacial score (nSPS) is 21.7. The molecule has 1 fully saturated rings. The number of anilines is 1. The van der Waals surface area contributed by atoms with Crippen LogP contribution in [0.4, 0.5) is 18.9 Å². The van der Waals surface area contributed by atoms with Gasteiger partial charge in [-0.05, 0) is 42.8 Å². The highest BCUT2D eigenvalue weighted by atomic mass is 35.5. The number of nitrogens with zero attached hydrogens (tertiary/aromatic N) is 3. The highest BCUT2D eigenvalue weighted by Crippen LogP contribution is 2.55. The molecule has 2 aliphatic heterocycles. The summed E-state index contributed by atoms with van der Waals surface area (Å²) in [5, 5.41) is 11.2. The monoisotopic (exact) mass is 683 g/mol. The number of amides is 2. The Morgan fingerprint density at radius 3 is 2.35 bits per heavy atom. The molecule has 16 heteroatoms. The number of aliphatic hydroxyl groups is 1. The number of halogens is 4. The second-order valence-electron chi connectivity index (χ2n) is 10.7. The molecular weight excluding hydrogens is 655 g/mol. The average Bonchev–Trinajstić information content (AvgIpc) is 3.50. The van der Waals surface area contributed by atoms with Crippen molar-refractivity contribution in [2.45, 2.75) is 35.4 Å². The van der Waals surface area contributed by atoms with E-state index in [0.717, 1.165) is 18.2 Å². The number of carbonyl (C=O) groups excluding carboxylic acids is 2. The van der Waals surface area contributed by atoms with Gasteiger partial charge in [0.2, 0.25) is 5.91 Å². The second kappa shape index (κ2) is 12.0. The third-order valence-electron chi connectivity index (χ3n) is 7.94. The van der Waals surface area contributed by atoms with Gasteiger partial charge < -0.3 is 24.2 Å². The summed E-state index contributed by atoms with van der Waals surface area (Å²) >= 11 is 6.44. The lowest BCUT2D eigenvalue weighted by Crippen LogP contribution is -2.60. The first-order valence-electron chi connectivity index (χ1n) is 13.7. The Morgan fingerprint density at radius 2 is 1.72 bits per heavy atom. The Hall–Kier alpha value is -4.05. The number of methoxy groups -OCH3 is 2. The van der Waals surface area contributed by atoms with Crippen molar-refractivity contribution in [3.05, 3.63) is 76.8 Å². The topological polar surface area (TPSA) is 126 Å². The fourth-order valence-corrected chi connectivity index (χ4v) is 7.80. The van der Waals surface area contributed by atoms with Crippen molar-refractivity contribution in [3.8, 4) is 17.2 Å².